The maximum atomic E-state index is 9.39. The summed E-state index contributed by atoms with van der Waals surface area (Å²) in [5.74, 6) is 0. The summed E-state index contributed by atoms with van der Waals surface area (Å²) in [5, 5.41) is 9.39. The van der Waals surface area contributed by atoms with Gasteiger partial charge in [0.15, 0.2) is 0 Å². The normalized spacial score (nSPS) is 19.5. The molecule has 0 unspecified atom stereocenters. The summed E-state index contributed by atoms with van der Waals surface area (Å²) >= 11 is 0. The van der Waals surface area contributed by atoms with E-state index in [-0.39, 0.29) is 12.0 Å². The van der Waals surface area contributed by atoms with Crippen LogP contribution in [0.4, 0.5) is 0 Å². The highest BCUT2D eigenvalue weighted by molar-refractivity contribution is 5.32. The molecule has 0 bridgehead atoms. The second-order valence-electron chi connectivity index (χ2n) is 3.98. The van der Waals surface area contributed by atoms with Crippen LogP contribution >= 0.6 is 0 Å². The van der Waals surface area contributed by atoms with Crippen LogP contribution in [-0.2, 0) is 5.41 Å². The van der Waals surface area contributed by atoms with Crippen LogP contribution < -0.4 is 0 Å². The fourth-order valence-electron chi connectivity index (χ4n) is 2.14. The largest absolute Gasteiger partial charge is 0.395 e. The van der Waals surface area contributed by atoms with Crippen LogP contribution in [0, 0.1) is 6.92 Å². The van der Waals surface area contributed by atoms with E-state index in [2.05, 4.69) is 11.9 Å². The monoisotopic (exact) mass is 177 g/mol. The first-order chi connectivity index (χ1) is 6.28. The molecule has 70 valence electrons. The molecule has 1 heterocycles. The fraction of sp³-hybridized carbons (Fsp3) is 0.545. The SMILES string of the molecule is Cc1ccncc1C1(CO)CCC1. The minimum Gasteiger partial charge on any atom is -0.395 e. The van der Waals surface area contributed by atoms with Crippen LogP contribution in [0.2, 0.25) is 0 Å². The van der Waals surface area contributed by atoms with E-state index in [1.54, 1.807) is 0 Å². The lowest BCUT2D eigenvalue weighted by atomic mass is 9.64. The van der Waals surface area contributed by atoms with Crippen LogP contribution in [0.25, 0.3) is 0 Å². The first kappa shape index (κ1) is 8.70. The Morgan fingerprint density at radius 1 is 1.54 bits per heavy atom. The van der Waals surface area contributed by atoms with Gasteiger partial charge >= 0.3 is 0 Å². The van der Waals surface area contributed by atoms with Crippen LogP contribution in [0.5, 0.6) is 0 Å². The Labute approximate surface area is 78.6 Å². The average Bonchev–Trinajstić information content (AvgIpc) is 2.07. The lowest BCUT2D eigenvalue weighted by molar-refractivity contribution is 0.119. The predicted molar refractivity (Wildman–Crippen MR) is 51.6 cm³/mol. The minimum absolute atomic E-state index is 0.0400. The molecule has 0 atom stereocenters. The number of nitrogens with zero attached hydrogens (tertiary/aromatic N) is 1. The molecule has 1 aliphatic carbocycles. The van der Waals surface area contributed by atoms with E-state index in [1.165, 1.54) is 17.5 Å². The van der Waals surface area contributed by atoms with Gasteiger partial charge in [-0.2, -0.15) is 0 Å². The Kier molecular flexibility index (Phi) is 2.08. The molecule has 1 aromatic heterocycles. The summed E-state index contributed by atoms with van der Waals surface area (Å²) < 4.78 is 0. The van der Waals surface area contributed by atoms with Crippen molar-refractivity contribution in [1.82, 2.24) is 4.98 Å². The summed E-state index contributed by atoms with van der Waals surface area (Å²) in [6.07, 6.45) is 7.16. The van der Waals surface area contributed by atoms with Gasteiger partial charge in [-0.25, -0.2) is 0 Å². The maximum absolute atomic E-state index is 9.39. The highest BCUT2D eigenvalue weighted by Crippen LogP contribution is 2.43. The van der Waals surface area contributed by atoms with E-state index < -0.39 is 0 Å². The lowest BCUT2D eigenvalue weighted by Crippen LogP contribution is -2.38. The Morgan fingerprint density at radius 2 is 2.31 bits per heavy atom. The number of hydrogen-bond donors (Lipinski definition) is 1. The Morgan fingerprint density at radius 3 is 2.77 bits per heavy atom. The molecule has 2 rings (SSSR count). The van der Waals surface area contributed by atoms with Gasteiger partial charge in [-0.05, 0) is 37.0 Å². The minimum atomic E-state index is 0.0400. The molecule has 0 saturated heterocycles. The van der Waals surface area contributed by atoms with E-state index in [0.717, 1.165) is 12.8 Å². The number of aliphatic hydroxyl groups excluding tert-OH is 1. The van der Waals surface area contributed by atoms with Gasteiger partial charge in [-0.3, -0.25) is 4.98 Å². The third kappa shape index (κ3) is 1.25. The third-order valence-electron chi connectivity index (χ3n) is 3.22. The number of aryl methyl sites for hydroxylation is 1. The van der Waals surface area contributed by atoms with E-state index in [9.17, 15) is 5.11 Å². The van der Waals surface area contributed by atoms with Gasteiger partial charge in [-0.15, -0.1) is 0 Å². The molecule has 0 aliphatic heterocycles. The van der Waals surface area contributed by atoms with Gasteiger partial charge in [0, 0.05) is 17.8 Å². The standard InChI is InChI=1S/C11H15NO/c1-9-3-6-12-7-10(9)11(8-13)4-2-5-11/h3,6-7,13H,2,4-5,8H2,1H3. The number of aromatic nitrogens is 1. The van der Waals surface area contributed by atoms with E-state index in [0.29, 0.717) is 0 Å². The first-order valence-corrected chi connectivity index (χ1v) is 4.80. The summed E-state index contributed by atoms with van der Waals surface area (Å²) in [7, 11) is 0. The van der Waals surface area contributed by atoms with Crippen LogP contribution in [-0.4, -0.2) is 16.7 Å². The Balaban J connectivity index is 2.38. The summed E-state index contributed by atoms with van der Waals surface area (Å²) in [4.78, 5) is 4.13. The Hall–Kier alpha value is -0.890. The van der Waals surface area contributed by atoms with Crippen molar-refractivity contribution in [3.63, 3.8) is 0 Å². The molecule has 2 heteroatoms. The predicted octanol–water partition coefficient (Wildman–Crippen LogP) is 1.80. The molecule has 0 spiro atoms. The number of hydrogen-bond acceptors (Lipinski definition) is 2. The summed E-state index contributed by atoms with van der Waals surface area (Å²) in [5.41, 5.74) is 2.53. The quantitative estimate of drug-likeness (QED) is 0.747. The van der Waals surface area contributed by atoms with Crippen molar-refractivity contribution in [3.8, 4) is 0 Å². The van der Waals surface area contributed by atoms with Gasteiger partial charge in [0.1, 0.15) is 0 Å². The highest BCUT2D eigenvalue weighted by atomic mass is 16.3. The average molecular weight is 177 g/mol. The zero-order valence-electron chi connectivity index (χ0n) is 7.95. The number of rotatable bonds is 2. The zero-order chi connectivity index (χ0) is 9.31. The van der Waals surface area contributed by atoms with Crippen LogP contribution in [0.1, 0.15) is 30.4 Å². The van der Waals surface area contributed by atoms with Gasteiger partial charge in [0.05, 0.1) is 6.61 Å². The van der Waals surface area contributed by atoms with Crippen molar-refractivity contribution < 1.29 is 5.11 Å². The molecule has 1 aliphatic rings. The molecule has 0 amide bonds. The second kappa shape index (κ2) is 3.11. The lowest BCUT2D eigenvalue weighted by Gasteiger charge is -2.41. The van der Waals surface area contributed by atoms with Crippen molar-refractivity contribution in [1.29, 1.82) is 0 Å². The van der Waals surface area contributed by atoms with Gasteiger partial charge in [0.25, 0.3) is 0 Å². The molecule has 1 aromatic rings. The zero-order valence-corrected chi connectivity index (χ0v) is 7.95. The molecule has 0 radical (unpaired) electrons. The molecule has 1 N–H and O–H groups in total. The summed E-state index contributed by atoms with van der Waals surface area (Å²) in [6, 6.07) is 2.02. The first-order valence-electron chi connectivity index (χ1n) is 4.80. The molecule has 0 aromatic carbocycles. The van der Waals surface area contributed by atoms with Crippen LogP contribution in [0.15, 0.2) is 18.5 Å². The van der Waals surface area contributed by atoms with Crippen molar-refractivity contribution in [2.75, 3.05) is 6.61 Å². The van der Waals surface area contributed by atoms with Crippen molar-refractivity contribution in [2.45, 2.75) is 31.6 Å². The Bertz CT molecular complexity index is 299. The molecule has 1 saturated carbocycles. The van der Waals surface area contributed by atoms with Crippen molar-refractivity contribution >= 4 is 0 Å². The number of pyridine rings is 1. The smallest absolute Gasteiger partial charge is 0.0528 e. The van der Waals surface area contributed by atoms with Crippen molar-refractivity contribution in [3.05, 3.63) is 29.6 Å². The summed E-state index contributed by atoms with van der Waals surface area (Å²) in [6.45, 7) is 2.35. The molecular weight excluding hydrogens is 162 g/mol. The molecule has 2 nitrogen and oxygen atoms in total. The third-order valence-corrected chi connectivity index (χ3v) is 3.22. The molecular formula is C11H15NO. The topological polar surface area (TPSA) is 33.1 Å². The fourth-order valence-corrected chi connectivity index (χ4v) is 2.14. The van der Waals surface area contributed by atoms with Crippen molar-refractivity contribution in [2.24, 2.45) is 0 Å². The van der Waals surface area contributed by atoms with E-state index in [1.807, 2.05) is 18.5 Å². The molecule has 13 heavy (non-hydrogen) atoms. The van der Waals surface area contributed by atoms with E-state index >= 15 is 0 Å². The maximum Gasteiger partial charge on any atom is 0.0528 e. The number of aliphatic hydroxyl groups is 1. The highest BCUT2D eigenvalue weighted by Gasteiger charge is 2.39. The van der Waals surface area contributed by atoms with Gasteiger partial charge < -0.3 is 5.11 Å². The van der Waals surface area contributed by atoms with E-state index in [4.69, 9.17) is 0 Å². The van der Waals surface area contributed by atoms with Crippen LogP contribution in [0.3, 0.4) is 0 Å². The molecule has 1 fully saturated rings. The van der Waals surface area contributed by atoms with Gasteiger partial charge in [0.2, 0.25) is 0 Å². The second-order valence-corrected chi connectivity index (χ2v) is 3.98. The van der Waals surface area contributed by atoms with Gasteiger partial charge in [-0.1, -0.05) is 6.42 Å².